The highest BCUT2D eigenvalue weighted by Gasteiger charge is 2.44. The van der Waals surface area contributed by atoms with Crippen LogP contribution in [0.25, 0.3) is 0 Å². The normalized spacial score (nSPS) is 24.2. The number of benzene rings is 2. The molecule has 2 heterocycles. The molecule has 5 rings (SSSR count). The lowest BCUT2D eigenvalue weighted by atomic mass is 9.82. The van der Waals surface area contributed by atoms with E-state index in [9.17, 15) is 19.2 Å². The molecule has 3 amide bonds. The third-order valence-electron chi connectivity index (χ3n) is 10.5. The Morgan fingerprint density at radius 3 is 2.37 bits per heavy atom. The van der Waals surface area contributed by atoms with E-state index < -0.39 is 35.6 Å². The van der Waals surface area contributed by atoms with E-state index in [4.69, 9.17) is 18.9 Å². The number of likely N-dealkylation sites (N-methyl/N-ethyl adjacent to an activating group) is 1. The van der Waals surface area contributed by atoms with Crippen molar-refractivity contribution in [1.29, 1.82) is 0 Å². The van der Waals surface area contributed by atoms with Gasteiger partial charge < -0.3 is 34.1 Å². The van der Waals surface area contributed by atoms with Crippen LogP contribution in [0.4, 0.5) is 0 Å². The number of aryl methyl sites for hydroxylation is 1. The first kappa shape index (κ1) is 36.0. The molecule has 2 aromatic carbocycles. The number of nitrogens with zero attached hydrogens (tertiary/aromatic N) is 2. The van der Waals surface area contributed by atoms with E-state index in [0.717, 1.165) is 50.5 Å². The van der Waals surface area contributed by atoms with Crippen molar-refractivity contribution in [3.8, 4) is 17.2 Å². The van der Waals surface area contributed by atoms with Crippen LogP contribution in [0.3, 0.4) is 0 Å². The highest BCUT2D eigenvalue weighted by molar-refractivity contribution is 5.95. The fourth-order valence-electron chi connectivity index (χ4n) is 7.14. The maximum Gasteiger partial charge on any atom is 0.329 e. The molecular weight excluding hydrogens is 626 g/mol. The predicted molar refractivity (Wildman–Crippen MR) is 183 cm³/mol. The summed E-state index contributed by atoms with van der Waals surface area (Å²) in [6, 6.07) is 11.3. The Balaban J connectivity index is 1.50. The summed E-state index contributed by atoms with van der Waals surface area (Å²) < 4.78 is 23.2. The molecule has 11 nitrogen and oxygen atoms in total. The number of nitrogens with one attached hydrogen (secondary N) is 1. The highest BCUT2D eigenvalue weighted by Crippen LogP contribution is 2.34. The number of methoxy groups -OCH3 is 2. The van der Waals surface area contributed by atoms with Gasteiger partial charge in [0.15, 0.2) is 18.1 Å². The molecule has 266 valence electrons. The summed E-state index contributed by atoms with van der Waals surface area (Å²) in [7, 11) is 4.75. The van der Waals surface area contributed by atoms with Crippen molar-refractivity contribution in [2.45, 2.75) is 102 Å². The van der Waals surface area contributed by atoms with Crippen LogP contribution in [0.15, 0.2) is 42.5 Å². The van der Waals surface area contributed by atoms with Crippen molar-refractivity contribution in [2.75, 3.05) is 34.4 Å². The summed E-state index contributed by atoms with van der Waals surface area (Å²) in [5.74, 6) is 0.0547. The first-order valence-corrected chi connectivity index (χ1v) is 17.6. The Hall–Kier alpha value is -4.28. The zero-order valence-electron chi connectivity index (χ0n) is 29.5. The van der Waals surface area contributed by atoms with Crippen molar-refractivity contribution in [3.05, 3.63) is 53.6 Å². The van der Waals surface area contributed by atoms with Crippen molar-refractivity contribution in [1.82, 2.24) is 15.1 Å². The van der Waals surface area contributed by atoms with E-state index in [2.05, 4.69) is 5.32 Å². The van der Waals surface area contributed by atoms with Gasteiger partial charge in [-0.05, 0) is 100 Å². The maximum absolute atomic E-state index is 14.5. The van der Waals surface area contributed by atoms with Crippen LogP contribution in [-0.2, 0) is 30.3 Å². The number of hydrogen-bond donors (Lipinski definition) is 1. The Labute approximate surface area is 289 Å². The lowest BCUT2D eigenvalue weighted by Crippen LogP contribution is -2.63. The molecular formula is C38H51N3O8. The topological polar surface area (TPSA) is 124 Å². The molecule has 0 radical (unpaired) electrons. The van der Waals surface area contributed by atoms with E-state index in [-0.39, 0.29) is 24.3 Å². The van der Waals surface area contributed by atoms with Gasteiger partial charge >= 0.3 is 5.97 Å². The van der Waals surface area contributed by atoms with Crippen LogP contribution in [-0.4, -0.2) is 85.5 Å². The number of piperidine rings is 1. The SMILES string of the molecule is COc1ccc(CC[C@H]2OC(=O)[C@@H]3CCCCN3C(=O)[C@@H](C3CCCCC3)NC(=O)C(C)(C)N(C)C(=O)COc3cccc2c3)cc1OC. The number of esters is 1. The average Bonchev–Trinajstić information content (AvgIpc) is 3.13. The molecule has 2 fully saturated rings. The summed E-state index contributed by atoms with van der Waals surface area (Å²) in [6.07, 6.45) is 6.98. The van der Waals surface area contributed by atoms with E-state index in [0.29, 0.717) is 48.6 Å². The van der Waals surface area contributed by atoms with Gasteiger partial charge in [0.2, 0.25) is 11.8 Å². The molecule has 3 aliphatic rings. The molecule has 0 unspecified atom stereocenters. The minimum absolute atomic E-state index is 0.0678. The van der Waals surface area contributed by atoms with Crippen molar-refractivity contribution in [2.24, 2.45) is 5.92 Å². The number of hydrogen-bond acceptors (Lipinski definition) is 8. The fraction of sp³-hybridized carbons (Fsp3) is 0.579. The Kier molecular flexibility index (Phi) is 11.7. The Morgan fingerprint density at radius 2 is 1.63 bits per heavy atom. The zero-order chi connectivity index (χ0) is 35.1. The van der Waals surface area contributed by atoms with E-state index in [1.807, 2.05) is 24.3 Å². The molecule has 1 N–H and O–H groups in total. The van der Waals surface area contributed by atoms with Crippen LogP contribution < -0.4 is 19.5 Å². The van der Waals surface area contributed by atoms with E-state index in [1.165, 1.54) is 4.90 Å². The molecule has 3 atom stereocenters. The average molecular weight is 678 g/mol. The molecule has 0 aromatic heterocycles. The van der Waals surface area contributed by atoms with Gasteiger partial charge in [0.05, 0.1) is 14.2 Å². The van der Waals surface area contributed by atoms with E-state index >= 15 is 0 Å². The van der Waals surface area contributed by atoms with Crippen LogP contribution in [0.2, 0.25) is 0 Å². The minimum Gasteiger partial charge on any atom is -0.493 e. The largest absolute Gasteiger partial charge is 0.493 e. The van der Waals surface area contributed by atoms with Crippen LogP contribution >= 0.6 is 0 Å². The number of amides is 3. The number of carbonyl (C=O) groups is 4. The lowest BCUT2D eigenvalue weighted by molar-refractivity contribution is -0.163. The van der Waals surface area contributed by atoms with Crippen molar-refractivity contribution >= 4 is 23.7 Å². The molecule has 1 saturated carbocycles. The smallest absolute Gasteiger partial charge is 0.329 e. The maximum atomic E-state index is 14.5. The first-order valence-electron chi connectivity index (χ1n) is 17.6. The van der Waals surface area contributed by atoms with Crippen LogP contribution in [0.5, 0.6) is 17.2 Å². The monoisotopic (exact) mass is 677 g/mol. The Morgan fingerprint density at radius 1 is 0.898 bits per heavy atom. The summed E-state index contributed by atoms with van der Waals surface area (Å²) in [4.78, 5) is 58.9. The predicted octanol–water partition coefficient (Wildman–Crippen LogP) is 5.00. The fourth-order valence-corrected chi connectivity index (χ4v) is 7.14. The van der Waals surface area contributed by atoms with Crippen LogP contribution in [0.1, 0.15) is 88.9 Å². The highest BCUT2D eigenvalue weighted by atomic mass is 16.5. The van der Waals surface area contributed by atoms with Crippen molar-refractivity contribution < 1.29 is 38.1 Å². The number of carbonyl (C=O) groups excluding carboxylic acids is 4. The van der Waals surface area contributed by atoms with Gasteiger partial charge in [-0.3, -0.25) is 14.4 Å². The number of ether oxygens (including phenoxy) is 4. The number of fused-ring (bicyclic) bond motifs is 3. The second kappa shape index (κ2) is 16.0. The van der Waals surface area contributed by atoms with Crippen LogP contribution in [0, 0.1) is 5.92 Å². The van der Waals surface area contributed by atoms with Gasteiger partial charge in [-0.2, -0.15) is 0 Å². The lowest BCUT2D eigenvalue weighted by Gasteiger charge is -2.41. The second-order valence-electron chi connectivity index (χ2n) is 13.9. The molecule has 11 heteroatoms. The summed E-state index contributed by atoms with van der Waals surface area (Å²) >= 11 is 0. The van der Waals surface area contributed by atoms with Crippen molar-refractivity contribution in [3.63, 3.8) is 0 Å². The summed E-state index contributed by atoms with van der Waals surface area (Å²) in [6.45, 7) is 3.44. The standard InChI is InChI=1S/C38H51N3O8/c1-38(2)37(45)39-34(26-12-7-6-8-13-26)35(43)41-21-10-9-16-29(41)36(44)49-30(19-17-25-18-20-31(46-4)32(22-25)47-5)27-14-11-15-28(23-27)48-24-33(42)40(38)3/h11,14-15,18,20,22-23,26,29-30,34H,6-10,12-13,16-17,19,21,24H2,1-5H3,(H,39,45)/t29-,30+,34+/m0/s1. The Bertz CT molecular complexity index is 1500. The summed E-state index contributed by atoms with van der Waals surface area (Å²) in [5, 5.41) is 3.05. The van der Waals surface area contributed by atoms with E-state index in [1.54, 1.807) is 58.2 Å². The van der Waals surface area contributed by atoms with Gasteiger partial charge in [0, 0.05) is 13.6 Å². The van der Waals surface area contributed by atoms with Gasteiger partial charge in [-0.25, -0.2) is 4.79 Å². The first-order chi connectivity index (χ1) is 23.5. The summed E-state index contributed by atoms with van der Waals surface area (Å²) in [5.41, 5.74) is 0.419. The molecule has 2 aromatic rings. The van der Waals surface area contributed by atoms with Gasteiger partial charge in [0.25, 0.3) is 5.91 Å². The molecule has 2 bridgehead atoms. The zero-order valence-corrected chi connectivity index (χ0v) is 29.5. The van der Waals surface area contributed by atoms with Gasteiger partial charge in [0.1, 0.15) is 29.5 Å². The third-order valence-corrected chi connectivity index (χ3v) is 10.5. The number of cyclic esters (lactones) is 1. The molecule has 1 aliphatic carbocycles. The molecule has 0 spiro atoms. The van der Waals surface area contributed by atoms with Gasteiger partial charge in [-0.1, -0.05) is 37.5 Å². The third kappa shape index (κ3) is 8.31. The quantitative estimate of drug-likeness (QED) is 0.424. The number of rotatable bonds is 6. The second-order valence-corrected chi connectivity index (χ2v) is 13.9. The molecule has 49 heavy (non-hydrogen) atoms. The molecule has 2 aliphatic heterocycles. The molecule has 1 saturated heterocycles. The van der Waals surface area contributed by atoms with Gasteiger partial charge in [-0.15, -0.1) is 0 Å². The minimum atomic E-state index is -1.26.